The largest absolute Gasteiger partial charge is 0.214 e. The molecule has 1 aromatic rings. The minimum Gasteiger partial charge on any atom is -0.212 e. The van der Waals surface area contributed by atoms with Crippen LogP contribution in [0.3, 0.4) is 0 Å². The Morgan fingerprint density at radius 2 is 2.15 bits per heavy atom. The van der Waals surface area contributed by atoms with Crippen molar-refractivity contribution in [2.75, 3.05) is 18.7 Å². The Hall–Kier alpha value is -1.16. The van der Waals surface area contributed by atoms with Crippen LogP contribution in [0, 0.1) is 23.1 Å². The first-order chi connectivity index (χ1) is 9.30. The van der Waals surface area contributed by atoms with E-state index in [9.17, 15) is 12.8 Å². The second kappa shape index (κ2) is 7.02. The molecule has 1 rings (SSSR count). The molecule has 0 heterocycles. The van der Waals surface area contributed by atoms with Gasteiger partial charge in [-0.3, -0.25) is 0 Å². The van der Waals surface area contributed by atoms with Crippen molar-refractivity contribution in [3.8, 4) is 6.07 Å². The quantitative estimate of drug-likeness (QED) is 0.756. The van der Waals surface area contributed by atoms with Crippen LogP contribution in [0.25, 0.3) is 0 Å². The molecule has 0 aliphatic heterocycles. The third kappa shape index (κ3) is 4.44. The highest BCUT2D eigenvalue weighted by Crippen LogP contribution is 2.15. The number of sulfonamides is 1. The Morgan fingerprint density at radius 1 is 1.50 bits per heavy atom. The molecule has 0 radical (unpaired) electrons. The van der Waals surface area contributed by atoms with Gasteiger partial charge in [0.15, 0.2) is 0 Å². The molecule has 0 aliphatic rings. The molecule has 0 bridgehead atoms. The number of rotatable bonds is 6. The van der Waals surface area contributed by atoms with Gasteiger partial charge in [-0.2, -0.15) is 5.26 Å². The van der Waals surface area contributed by atoms with Crippen molar-refractivity contribution in [1.82, 2.24) is 4.31 Å². The van der Waals surface area contributed by atoms with Gasteiger partial charge in [-0.15, -0.1) is 11.6 Å². The van der Waals surface area contributed by atoms with Gasteiger partial charge in [0.2, 0.25) is 10.0 Å². The average molecular weight is 319 g/mol. The Balaban J connectivity index is 2.90. The van der Waals surface area contributed by atoms with Gasteiger partial charge in [-0.1, -0.05) is 6.92 Å². The second-order valence-corrected chi connectivity index (χ2v) is 7.14. The van der Waals surface area contributed by atoms with Crippen LogP contribution in [0.1, 0.15) is 18.1 Å². The summed E-state index contributed by atoms with van der Waals surface area (Å²) in [6, 6.07) is 5.76. The summed E-state index contributed by atoms with van der Waals surface area (Å²) in [5.74, 6) is -0.561. The summed E-state index contributed by atoms with van der Waals surface area (Å²) in [5.41, 5.74) is 0.468. The molecule has 0 spiro atoms. The van der Waals surface area contributed by atoms with E-state index in [2.05, 4.69) is 0 Å². The van der Waals surface area contributed by atoms with Crippen LogP contribution in [0.4, 0.5) is 4.39 Å². The topological polar surface area (TPSA) is 61.2 Å². The second-order valence-electron chi connectivity index (χ2n) is 4.71. The Morgan fingerprint density at radius 3 is 2.70 bits per heavy atom. The smallest absolute Gasteiger partial charge is 0.212 e. The summed E-state index contributed by atoms with van der Waals surface area (Å²) in [5, 5.41) is 8.78. The molecular weight excluding hydrogens is 303 g/mol. The van der Waals surface area contributed by atoms with E-state index in [0.717, 1.165) is 10.4 Å². The molecule has 0 aliphatic carbocycles. The maximum Gasteiger partial charge on any atom is 0.214 e. The Labute approximate surface area is 123 Å². The van der Waals surface area contributed by atoms with Gasteiger partial charge in [-0.05, 0) is 24.1 Å². The number of nitriles is 1. The van der Waals surface area contributed by atoms with Crippen molar-refractivity contribution in [2.24, 2.45) is 5.92 Å². The lowest BCUT2D eigenvalue weighted by atomic mass is 10.1. The third-order valence-corrected chi connectivity index (χ3v) is 5.40. The van der Waals surface area contributed by atoms with E-state index >= 15 is 0 Å². The van der Waals surface area contributed by atoms with Crippen LogP contribution in [-0.4, -0.2) is 31.4 Å². The maximum atomic E-state index is 13.6. The van der Waals surface area contributed by atoms with Crippen LogP contribution < -0.4 is 0 Å². The number of alkyl halides is 1. The Kier molecular flexibility index (Phi) is 5.93. The molecule has 0 aromatic heterocycles. The summed E-state index contributed by atoms with van der Waals surface area (Å²) in [6.45, 7) is 1.62. The number of benzene rings is 1. The van der Waals surface area contributed by atoms with E-state index < -0.39 is 15.8 Å². The van der Waals surface area contributed by atoms with Crippen molar-refractivity contribution in [1.29, 1.82) is 5.26 Å². The first kappa shape index (κ1) is 16.9. The minimum absolute atomic E-state index is 0.0907. The fraction of sp³-hybridized carbons (Fsp3) is 0.462. The summed E-state index contributed by atoms with van der Waals surface area (Å²) in [4.78, 5) is 0. The molecule has 7 heteroatoms. The summed E-state index contributed by atoms with van der Waals surface area (Å²) >= 11 is 5.61. The van der Waals surface area contributed by atoms with Crippen molar-refractivity contribution in [2.45, 2.75) is 13.5 Å². The number of hydrogen-bond donors (Lipinski definition) is 0. The minimum atomic E-state index is -3.51. The lowest BCUT2D eigenvalue weighted by Crippen LogP contribution is -2.31. The molecule has 1 atom stereocenters. The molecule has 1 aromatic carbocycles. The molecule has 1 unspecified atom stereocenters. The first-order valence-electron chi connectivity index (χ1n) is 5.98. The molecule has 20 heavy (non-hydrogen) atoms. The molecule has 0 saturated heterocycles. The van der Waals surface area contributed by atoms with Crippen LogP contribution >= 0.6 is 11.6 Å². The zero-order valence-electron chi connectivity index (χ0n) is 11.3. The highest BCUT2D eigenvalue weighted by molar-refractivity contribution is 7.89. The van der Waals surface area contributed by atoms with Crippen molar-refractivity contribution < 1.29 is 12.8 Å². The van der Waals surface area contributed by atoms with Crippen LogP contribution in [-0.2, 0) is 16.6 Å². The summed E-state index contributed by atoms with van der Waals surface area (Å²) < 4.78 is 38.8. The van der Waals surface area contributed by atoms with E-state index in [1.54, 1.807) is 6.92 Å². The average Bonchev–Trinajstić information content (AvgIpc) is 2.40. The van der Waals surface area contributed by atoms with Gasteiger partial charge in [0, 0.05) is 25.0 Å². The van der Waals surface area contributed by atoms with Gasteiger partial charge in [0.1, 0.15) is 5.82 Å². The highest BCUT2D eigenvalue weighted by atomic mass is 35.5. The predicted octanol–water partition coefficient (Wildman–Crippen LogP) is 2.33. The zero-order valence-corrected chi connectivity index (χ0v) is 12.9. The lowest BCUT2D eigenvalue weighted by molar-refractivity contribution is 0.450. The Bertz CT molecular complexity index is 613. The zero-order chi connectivity index (χ0) is 15.3. The normalized spacial score (nSPS) is 13.2. The van der Waals surface area contributed by atoms with E-state index in [1.807, 2.05) is 6.07 Å². The SMILES string of the molecule is CC(CCl)CS(=O)(=O)N(C)Cc1cc(C#N)ccc1F. The molecular formula is C13H16ClFN2O2S. The summed E-state index contributed by atoms with van der Waals surface area (Å²) in [6.07, 6.45) is 0. The number of nitrogens with zero attached hydrogens (tertiary/aromatic N) is 2. The van der Waals surface area contributed by atoms with Crippen LogP contribution in [0.5, 0.6) is 0 Å². The highest BCUT2D eigenvalue weighted by Gasteiger charge is 2.22. The molecule has 0 saturated carbocycles. The van der Waals surface area contributed by atoms with E-state index in [1.165, 1.54) is 19.2 Å². The first-order valence-corrected chi connectivity index (χ1v) is 8.13. The van der Waals surface area contributed by atoms with Gasteiger partial charge >= 0.3 is 0 Å². The van der Waals surface area contributed by atoms with E-state index in [-0.39, 0.29) is 29.7 Å². The third-order valence-electron chi connectivity index (χ3n) is 2.80. The monoisotopic (exact) mass is 318 g/mol. The molecule has 110 valence electrons. The van der Waals surface area contributed by atoms with Crippen molar-refractivity contribution in [3.63, 3.8) is 0 Å². The van der Waals surface area contributed by atoms with Gasteiger partial charge in [0.25, 0.3) is 0 Å². The summed E-state index contributed by atoms with van der Waals surface area (Å²) in [7, 11) is -2.12. The maximum absolute atomic E-state index is 13.6. The van der Waals surface area contributed by atoms with Crippen molar-refractivity contribution >= 4 is 21.6 Å². The van der Waals surface area contributed by atoms with Crippen molar-refractivity contribution in [3.05, 3.63) is 35.1 Å². The number of halogens is 2. The van der Waals surface area contributed by atoms with E-state index in [4.69, 9.17) is 16.9 Å². The predicted molar refractivity (Wildman–Crippen MR) is 76.3 cm³/mol. The van der Waals surface area contributed by atoms with Crippen LogP contribution in [0.2, 0.25) is 0 Å². The fourth-order valence-corrected chi connectivity index (χ4v) is 3.30. The van der Waals surface area contributed by atoms with E-state index in [0.29, 0.717) is 5.56 Å². The van der Waals surface area contributed by atoms with Gasteiger partial charge < -0.3 is 0 Å². The van der Waals surface area contributed by atoms with Crippen LogP contribution in [0.15, 0.2) is 18.2 Å². The molecule has 0 fully saturated rings. The van der Waals surface area contributed by atoms with Gasteiger partial charge in [0.05, 0.1) is 17.4 Å². The molecule has 4 nitrogen and oxygen atoms in total. The molecule has 0 amide bonds. The molecule has 0 N–H and O–H groups in total. The standard InChI is InChI=1S/C13H16ClFN2O2S/c1-10(6-14)9-20(18,19)17(2)8-12-5-11(7-16)3-4-13(12)15/h3-5,10H,6,8-9H2,1-2H3. The van der Waals surface area contributed by atoms with Gasteiger partial charge in [-0.25, -0.2) is 17.1 Å². The lowest BCUT2D eigenvalue weighted by Gasteiger charge is -2.19. The number of hydrogen-bond acceptors (Lipinski definition) is 3. The fourth-order valence-electron chi connectivity index (χ4n) is 1.64.